The molecular weight excluding hydrogens is 574 g/mol. The fourth-order valence-electron chi connectivity index (χ4n) is 4.76. The first-order valence-electron chi connectivity index (χ1n) is 12.3. The van der Waals surface area contributed by atoms with Crippen molar-refractivity contribution in [3.63, 3.8) is 0 Å². The van der Waals surface area contributed by atoms with Gasteiger partial charge in [-0.05, 0) is 58.7 Å². The van der Waals surface area contributed by atoms with E-state index in [1.54, 1.807) is 11.8 Å². The summed E-state index contributed by atoms with van der Waals surface area (Å²) in [5.74, 6) is -0.234. The van der Waals surface area contributed by atoms with E-state index in [2.05, 4.69) is 15.4 Å². The molecule has 1 atom stereocenters. The predicted octanol–water partition coefficient (Wildman–Crippen LogP) is 6.58. The molecule has 0 bridgehead atoms. The Morgan fingerprint density at radius 1 is 0.854 bits per heavy atom. The van der Waals surface area contributed by atoms with Crippen molar-refractivity contribution in [2.45, 2.75) is 57.2 Å². The number of halogens is 10. The second-order valence-electron chi connectivity index (χ2n) is 9.74. The number of nitrogens with zero attached hydrogens (tertiary/aromatic N) is 6. The summed E-state index contributed by atoms with van der Waals surface area (Å²) < 4.78 is 135. The molecule has 1 fully saturated rings. The number of aryl methyl sites for hydroxylation is 1. The number of benzene rings is 2. The molecule has 6 nitrogen and oxygen atoms in total. The van der Waals surface area contributed by atoms with E-state index in [0.717, 1.165) is 21.8 Å². The molecular formula is C25H24F10N6. The van der Waals surface area contributed by atoms with Crippen LogP contribution in [0, 0.1) is 0 Å². The summed E-state index contributed by atoms with van der Waals surface area (Å²) >= 11 is 0. The molecule has 1 aromatic heterocycles. The number of alkyl halides is 10. The third-order valence-electron chi connectivity index (χ3n) is 6.68. The van der Waals surface area contributed by atoms with E-state index >= 15 is 0 Å². The van der Waals surface area contributed by atoms with E-state index in [9.17, 15) is 43.9 Å². The van der Waals surface area contributed by atoms with E-state index < -0.39 is 66.1 Å². The molecule has 2 heterocycles. The highest BCUT2D eigenvalue weighted by atomic mass is 19.4. The van der Waals surface area contributed by atoms with Crippen molar-refractivity contribution in [1.82, 2.24) is 25.1 Å². The minimum atomic E-state index is -5.10. The van der Waals surface area contributed by atoms with E-state index in [0.29, 0.717) is 24.1 Å². The molecule has 0 amide bonds. The van der Waals surface area contributed by atoms with Crippen molar-refractivity contribution in [2.75, 3.05) is 18.0 Å². The van der Waals surface area contributed by atoms with Crippen LogP contribution in [0.4, 0.5) is 49.9 Å². The van der Waals surface area contributed by atoms with Gasteiger partial charge in [-0.1, -0.05) is 18.1 Å². The number of hydrogen-bond acceptors (Lipinski definition) is 5. The normalized spacial score (nSPS) is 16.1. The lowest BCUT2D eigenvalue weighted by Crippen LogP contribution is -2.50. The molecule has 1 aliphatic rings. The van der Waals surface area contributed by atoms with Crippen molar-refractivity contribution in [2.24, 2.45) is 7.05 Å². The fraction of sp³-hybridized carbons (Fsp3) is 0.480. The van der Waals surface area contributed by atoms with Crippen LogP contribution in [0.3, 0.4) is 0 Å². The first-order chi connectivity index (χ1) is 19.0. The van der Waals surface area contributed by atoms with Gasteiger partial charge in [-0.15, -0.1) is 5.10 Å². The van der Waals surface area contributed by atoms with Crippen molar-refractivity contribution in [1.29, 1.82) is 0 Å². The molecule has 0 spiro atoms. The largest absolute Gasteiger partial charge is 0.416 e. The quantitative estimate of drug-likeness (QED) is 0.275. The maximum Gasteiger partial charge on any atom is 0.416 e. The van der Waals surface area contributed by atoms with Crippen molar-refractivity contribution >= 4 is 5.95 Å². The molecule has 1 saturated heterocycles. The first kappa shape index (κ1) is 30.5. The zero-order valence-corrected chi connectivity index (χ0v) is 21.6. The third-order valence-corrected chi connectivity index (χ3v) is 6.68. The van der Waals surface area contributed by atoms with Crippen LogP contribution >= 0.6 is 0 Å². The topological polar surface area (TPSA) is 50.1 Å². The summed E-state index contributed by atoms with van der Waals surface area (Å²) in [6.07, 6.45) is -15.6. The minimum Gasteiger partial charge on any atom is -0.330 e. The van der Waals surface area contributed by atoms with Gasteiger partial charge in [0.25, 0.3) is 5.95 Å². The molecule has 4 rings (SSSR count). The molecule has 1 aliphatic heterocycles. The SMILES string of the molecule is CCC(c1ccc(C(F)(F)F)cc1CN(Cc1cc(C(F)(F)F)cc(C(F)(F)F)c1)c1nnn(C)n1)N1CC(F)C1. The van der Waals surface area contributed by atoms with Crippen LogP contribution in [-0.2, 0) is 38.7 Å². The maximum absolute atomic E-state index is 13.7. The number of hydrogen-bond donors (Lipinski definition) is 0. The van der Waals surface area contributed by atoms with Gasteiger partial charge in [-0.2, -0.15) is 44.3 Å². The van der Waals surface area contributed by atoms with Gasteiger partial charge in [-0.3, -0.25) is 4.90 Å². The van der Waals surface area contributed by atoms with Gasteiger partial charge >= 0.3 is 18.5 Å². The number of tetrazole rings is 1. The Balaban J connectivity index is 1.80. The molecule has 0 aliphatic carbocycles. The summed E-state index contributed by atoms with van der Waals surface area (Å²) in [5, 5.41) is 11.4. The summed E-state index contributed by atoms with van der Waals surface area (Å²) in [6, 6.07) is 3.55. The predicted molar refractivity (Wildman–Crippen MR) is 126 cm³/mol. The monoisotopic (exact) mass is 598 g/mol. The average Bonchev–Trinajstić information content (AvgIpc) is 3.28. The highest BCUT2D eigenvalue weighted by Gasteiger charge is 2.38. The molecule has 3 aromatic rings. The van der Waals surface area contributed by atoms with Gasteiger partial charge in [0.05, 0.1) is 23.7 Å². The molecule has 0 saturated carbocycles. The van der Waals surface area contributed by atoms with Crippen LogP contribution in [0.2, 0.25) is 0 Å². The fourth-order valence-corrected chi connectivity index (χ4v) is 4.76. The standard InChI is InChI=1S/C25H24F10N6/c1-3-21(40-12-19(26)13-40)20-5-4-16(23(27,28)29)8-15(20)11-41(22-36-38-39(2)37-22)10-14-6-17(24(30,31)32)9-18(7-14)25(33,34)35/h4-9,19,21H,3,10-13H2,1-2H3. The van der Waals surface area contributed by atoms with Crippen LogP contribution in [0.1, 0.15) is 52.8 Å². The Labute approximate surface area is 227 Å². The zero-order valence-electron chi connectivity index (χ0n) is 21.6. The van der Waals surface area contributed by atoms with Crippen molar-refractivity contribution < 1.29 is 43.9 Å². The highest BCUT2D eigenvalue weighted by Crippen LogP contribution is 2.39. The second kappa shape index (κ2) is 11.1. The number of likely N-dealkylation sites (tertiary alicyclic amines) is 1. The van der Waals surface area contributed by atoms with Gasteiger partial charge in [0.15, 0.2) is 0 Å². The summed E-state index contributed by atoms with van der Waals surface area (Å²) in [7, 11) is 1.36. The molecule has 224 valence electrons. The summed E-state index contributed by atoms with van der Waals surface area (Å²) in [6.45, 7) is 0.853. The molecule has 41 heavy (non-hydrogen) atoms. The number of aromatic nitrogens is 4. The lowest BCUT2D eigenvalue weighted by molar-refractivity contribution is -0.143. The van der Waals surface area contributed by atoms with Crippen LogP contribution < -0.4 is 4.90 Å². The van der Waals surface area contributed by atoms with Crippen LogP contribution in [0.5, 0.6) is 0 Å². The Morgan fingerprint density at radius 2 is 1.44 bits per heavy atom. The Hall–Kier alpha value is -3.43. The van der Waals surface area contributed by atoms with Crippen molar-refractivity contribution in [3.8, 4) is 0 Å². The van der Waals surface area contributed by atoms with Gasteiger partial charge < -0.3 is 4.90 Å². The minimum absolute atomic E-state index is 0.0175. The smallest absolute Gasteiger partial charge is 0.330 e. The lowest BCUT2D eigenvalue weighted by Gasteiger charge is -2.41. The second-order valence-corrected chi connectivity index (χ2v) is 9.74. The molecule has 2 aromatic carbocycles. The summed E-state index contributed by atoms with van der Waals surface area (Å²) in [5.41, 5.74) is -4.05. The average molecular weight is 598 g/mol. The van der Waals surface area contributed by atoms with Crippen molar-refractivity contribution in [3.05, 3.63) is 69.8 Å². The molecule has 0 radical (unpaired) electrons. The van der Waals surface area contributed by atoms with E-state index in [-0.39, 0.29) is 30.7 Å². The van der Waals surface area contributed by atoms with Gasteiger partial charge in [0, 0.05) is 32.2 Å². The van der Waals surface area contributed by atoms with Gasteiger partial charge in [-0.25, -0.2) is 4.39 Å². The lowest BCUT2D eigenvalue weighted by atomic mass is 9.92. The van der Waals surface area contributed by atoms with Gasteiger partial charge in [0.2, 0.25) is 0 Å². The molecule has 0 N–H and O–H groups in total. The van der Waals surface area contributed by atoms with E-state index in [1.165, 1.54) is 13.1 Å². The van der Waals surface area contributed by atoms with Crippen LogP contribution in [0.25, 0.3) is 0 Å². The highest BCUT2D eigenvalue weighted by molar-refractivity contribution is 5.42. The Bertz CT molecular complexity index is 1330. The summed E-state index contributed by atoms with van der Waals surface area (Å²) in [4.78, 5) is 3.87. The molecule has 1 unspecified atom stereocenters. The molecule has 16 heteroatoms. The number of anilines is 1. The number of rotatable bonds is 8. The maximum atomic E-state index is 13.7. The van der Waals surface area contributed by atoms with E-state index in [4.69, 9.17) is 0 Å². The first-order valence-corrected chi connectivity index (χ1v) is 12.3. The van der Waals surface area contributed by atoms with E-state index in [1.807, 2.05) is 0 Å². The van der Waals surface area contributed by atoms with Crippen LogP contribution in [-0.4, -0.2) is 44.4 Å². The zero-order chi connectivity index (χ0) is 30.3. The third kappa shape index (κ3) is 7.08. The van der Waals surface area contributed by atoms with Crippen LogP contribution in [0.15, 0.2) is 36.4 Å². The van der Waals surface area contributed by atoms with Gasteiger partial charge in [0.1, 0.15) is 6.17 Å². The Morgan fingerprint density at radius 3 is 1.90 bits per heavy atom. The Kier molecular flexibility index (Phi) is 8.26.